The molecule has 1 aliphatic heterocycles. The van der Waals surface area contributed by atoms with Crippen LogP contribution in [0.2, 0.25) is 0 Å². The average molecular weight is 481 g/mol. The van der Waals surface area contributed by atoms with Crippen LogP contribution >= 0.6 is 24.0 Å². The molecule has 2 rings (SSSR count). The van der Waals surface area contributed by atoms with Gasteiger partial charge >= 0.3 is 0 Å². The molecular weight excluding hydrogens is 453 g/mol. The smallest absolute Gasteiger partial charge is 0.208 e. The van der Waals surface area contributed by atoms with Crippen molar-refractivity contribution in [2.45, 2.75) is 6.92 Å². The molecule has 0 aromatic heterocycles. The maximum Gasteiger partial charge on any atom is 0.208 e. The topological polar surface area (TPSA) is 77.0 Å². The van der Waals surface area contributed by atoms with Crippen LogP contribution in [0.4, 0.5) is 5.69 Å². The van der Waals surface area contributed by atoms with Gasteiger partial charge in [-0.05, 0) is 19.1 Å². The predicted octanol–water partition coefficient (Wildman–Crippen LogP) is 0.941. The summed E-state index contributed by atoms with van der Waals surface area (Å²) < 4.78 is 24.6. The number of hydrogen-bond acceptors (Lipinski definition) is 4. The van der Waals surface area contributed by atoms with Crippen LogP contribution in [0.15, 0.2) is 35.3 Å². The van der Waals surface area contributed by atoms with Crippen molar-refractivity contribution in [3.63, 3.8) is 0 Å². The minimum absolute atomic E-state index is 0. The summed E-state index contributed by atoms with van der Waals surface area (Å²) in [6.45, 7) is 7.22. The molecule has 142 valence electrons. The predicted molar refractivity (Wildman–Crippen MR) is 114 cm³/mol. The molecule has 1 aromatic rings. The molecule has 9 heteroatoms. The van der Waals surface area contributed by atoms with Gasteiger partial charge in [0, 0.05) is 45.0 Å². The Labute approximate surface area is 167 Å². The highest BCUT2D eigenvalue weighted by Crippen LogP contribution is 2.15. The second-order valence-corrected chi connectivity index (χ2v) is 7.54. The Hall–Kier alpha value is -1.07. The van der Waals surface area contributed by atoms with Gasteiger partial charge in [0.25, 0.3) is 0 Å². The summed E-state index contributed by atoms with van der Waals surface area (Å²) in [4.78, 5) is 9.12. The van der Waals surface area contributed by atoms with Crippen LogP contribution in [0.5, 0.6) is 0 Å². The maximum absolute atomic E-state index is 11.1. The van der Waals surface area contributed by atoms with Crippen LogP contribution in [0.3, 0.4) is 0 Å². The third-order valence-electron chi connectivity index (χ3n) is 3.77. The SMILES string of the molecule is CCNC(=NCCNS(C)(=O)=O)N1CCN(c2ccccc2)CC1.I. The van der Waals surface area contributed by atoms with Crippen LogP contribution in [-0.4, -0.2) is 71.3 Å². The van der Waals surface area contributed by atoms with Gasteiger partial charge in [0.1, 0.15) is 0 Å². The zero-order chi connectivity index (χ0) is 17.4. The highest BCUT2D eigenvalue weighted by molar-refractivity contribution is 14.0. The van der Waals surface area contributed by atoms with Crippen LogP contribution < -0.4 is 14.9 Å². The van der Waals surface area contributed by atoms with Crippen molar-refractivity contribution in [1.29, 1.82) is 0 Å². The van der Waals surface area contributed by atoms with Gasteiger partial charge in [0.15, 0.2) is 5.96 Å². The van der Waals surface area contributed by atoms with Crippen LogP contribution in [0, 0.1) is 0 Å². The van der Waals surface area contributed by atoms with Gasteiger partial charge in [-0.1, -0.05) is 18.2 Å². The molecule has 1 heterocycles. The Kier molecular flexibility index (Phi) is 9.51. The monoisotopic (exact) mass is 481 g/mol. The van der Waals surface area contributed by atoms with Gasteiger partial charge < -0.3 is 15.1 Å². The van der Waals surface area contributed by atoms with Gasteiger partial charge in [-0.15, -0.1) is 24.0 Å². The fourth-order valence-electron chi connectivity index (χ4n) is 2.63. The normalized spacial score (nSPS) is 15.7. The van der Waals surface area contributed by atoms with Crippen molar-refractivity contribution in [2.75, 3.05) is 57.0 Å². The molecule has 0 amide bonds. The lowest BCUT2D eigenvalue weighted by molar-refractivity contribution is 0.372. The van der Waals surface area contributed by atoms with E-state index in [1.165, 1.54) is 5.69 Å². The molecule has 0 saturated carbocycles. The highest BCUT2D eigenvalue weighted by atomic mass is 127. The molecule has 1 aromatic carbocycles. The number of hydrogen-bond donors (Lipinski definition) is 2. The molecule has 0 unspecified atom stereocenters. The zero-order valence-corrected chi connectivity index (χ0v) is 18.0. The minimum atomic E-state index is -3.16. The first-order valence-electron chi connectivity index (χ1n) is 8.27. The Morgan fingerprint density at radius 1 is 1.16 bits per heavy atom. The van der Waals surface area contributed by atoms with Crippen molar-refractivity contribution < 1.29 is 8.42 Å². The number of nitrogens with zero attached hydrogens (tertiary/aromatic N) is 3. The van der Waals surface area contributed by atoms with Crippen LogP contribution in [-0.2, 0) is 10.0 Å². The van der Waals surface area contributed by atoms with Gasteiger partial charge in [-0.25, -0.2) is 13.1 Å². The minimum Gasteiger partial charge on any atom is -0.368 e. The average Bonchev–Trinajstić information content (AvgIpc) is 2.58. The van der Waals surface area contributed by atoms with E-state index in [9.17, 15) is 8.42 Å². The van der Waals surface area contributed by atoms with E-state index in [2.05, 4.69) is 49.1 Å². The summed E-state index contributed by atoms with van der Waals surface area (Å²) in [6, 6.07) is 10.4. The number of sulfonamides is 1. The van der Waals surface area contributed by atoms with Gasteiger partial charge in [-0.3, -0.25) is 4.99 Å². The van der Waals surface area contributed by atoms with Crippen molar-refractivity contribution in [2.24, 2.45) is 4.99 Å². The van der Waals surface area contributed by atoms with E-state index in [4.69, 9.17) is 0 Å². The lowest BCUT2D eigenvalue weighted by Crippen LogP contribution is -2.52. The number of rotatable bonds is 6. The lowest BCUT2D eigenvalue weighted by Gasteiger charge is -2.37. The van der Waals surface area contributed by atoms with Crippen molar-refractivity contribution >= 4 is 45.6 Å². The maximum atomic E-state index is 11.1. The third-order valence-corrected chi connectivity index (χ3v) is 4.50. The van der Waals surface area contributed by atoms with Crippen molar-refractivity contribution in [1.82, 2.24) is 14.9 Å². The molecule has 0 radical (unpaired) electrons. The Morgan fingerprint density at radius 3 is 2.36 bits per heavy atom. The Morgan fingerprint density at radius 2 is 1.80 bits per heavy atom. The number of aliphatic imine (C=N–C) groups is 1. The number of benzene rings is 1. The summed E-state index contributed by atoms with van der Waals surface area (Å²) in [5.41, 5.74) is 1.25. The molecule has 0 bridgehead atoms. The summed E-state index contributed by atoms with van der Waals surface area (Å²) in [5.74, 6) is 0.848. The number of nitrogens with one attached hydrogen (secondary N) is 2. The third kappa shape index (κ3) is 7.78. The van der Waals surface area contributed by atoms with Gasteiger partial charge in [0.05, 0.1) is 12.8 Å². The molecule has 25 heavy (non-hydrogen) atoms. The fraction of sp³-hybridized carbons (Fsp3) is 0.562. The summed E-state index contributed by atoms with van der Waals surface area (Å²) in [7, 11) is -3.16. The molecule has 7 nitrogen and oxygen atoms in total. The van der Waals surface area contributed by atoms with E-state index in [1.54, 1.807) is 0 Å². The number of piperazine rings is 1. The van der Waals surface area contributed by atoms with Gasteiger partial charge in [0.2, 0.25) is 10.0 Å². The largest absolute Gasteiger partial charge is 0.368 e. The Balaban J connectivity index is 0.00000312. The molecule has 0 atom stereocenters. The molecule has 2 N–H and O–H groups in total. The summed E-state index contributed by atoms with van der Waals surface area (Å²) in [6.07, 6.45) is 1.16. The quantitative estimate of drug-likeness (QED) is 0.274. The first-order valence-corrected chi connectivity index (χ1v) is 10.2. The summed E-state index contributed by atoms with van der Waals surface area (Å²) in [5, 5.41) is 3.28. The second kappa shape index (κ2) is 10.8. The zero-order valence-electron chi connectivity index (χ0n) is 14.8. The van der Waals surface area contributed by atoms with Gasteiger partial charge in [-0.2, -0.15) is 0 Å². The molecule has 1 fully saturated rings. The van der Waals surface area contributed by atoms with Crippen LogP contribution in [0.1, 0.15) is 6.92 Å². The number of guanidine groups is 1. The van der Waals surface area contributed by atoms with E-state index >= 15 is 0 Å². The van der Waals surface area contributed by atoms with E-state index in [-0.39, 0.29) is 24.0 Å². The first-order chi connectivity index (χ1) is 11.5. The standard InChI is InChI=1S/C16H27N5O2S.HI/c1-3-17-16(18-9-10-19-24(2,22)23)21-13-11-20(12-14-21)15-7-5-4-6-8-15;/h4-8,19H,3,9-14H2,1-2H3,(H,17,18);1H. The second-order valence-electron chi connectivity index (χ2n) is 5.71. The highest BCUT2D eigenvalue weighted by Gasteiger charge is 2.19. The van der Waals surface area contributed by atoms with Crippen molar-refractivity contribution in [3.05, 3.63) is 30.3 Å². The Bertz CT molecular complexity index is 631. The van der Waals surface area contributed by atoms with E-state index in [0.717, 1.165) is 44.9 Å². The number of para-hydroxylation sites is 1. The molecule has 0 spiro atoms. The number of halogens is 1. The van der Waals surface area contributed by atoms with E-state index < -0.39 is 10.0 Å². The van der Waals surface area contributed by atoms with E-state index in [0.29, 0.717) is 13.1 Å². The number of anilines is 1. The van der Waals surface area contributed by atoms with E-state index in [1.807, 2.05) is 13.0 Å². The first kappa shape index (κ1) is 22.0. The molecular formula is C16H28IN5O2S. The lowest BCUT2D eigenvalue weighted by atomic mass is 10.2. The molecule has 0 aliphatic carbocycles. The molecule has 1 aliphatic rings. The summed E-state index contributed by atoms with van der Waals surface area (Å²) >= 11 is 0. The van der Waals surface area contributed by atoms with Crippen molar-refractivity contribution in [3.8, 4) is 0 Å². The van der Waals surface area contributed by atoms with Crippen LogP contribution in [0.25, 0.3) is 0 Å². The molecule has 1 saturated heterocycles. The fourth-order valence-corrected chi connectivity index (χ4v) is 3.10.